The van der Waals surface area contributed by atoms with Crippen molar-refractivity contribution in [2.45, 2.75) is 96.9 Å². The molecule has 0 fully saturated rings. The Morgan fingerprint density at radius 3 is 1.01 bits per heavy atom. The van der Waals surface area contributed by atoms with E-state index in [4.69, 9.17) is 8.83 Å². The molecule has 9 heteroatoms. The average Bonchev–Trinajstić information content (AvgIpc) is 4.33. The number of benzene rings is 9. The molecule has 0 unspecified atom stereocenters. The highest BCUT2D eigenvalue weighted by Gasteiger charge is 2.09. The van der Waals surface area contributed by atoms with Crippen LogP contribution in [-0.2, 0) is 0 Å². The van der Waals surface area contributed by atoms with E-state index in [-0.39, 0.29) is 0 Å². The number of aromatic nitrogens is 5. The number of thiazole rings is 2. The first-order chi connectivity index (χ1) is 38.8. The summed E-state index contributed by atoms with van der Waals surface area (Å²) in [5.74, 6) is 1.31. The number of nitrogens with zero attached hydrogens (tertiary/aromatic N) is 4. The Labute approximate surface area is 485 Å². The van der Waals surface area contributed by atoms with Crippen LogP contribution in [0.5, 0.6) is 0 Å². The molecule has 0 aliphatic heterocycles. The van der Waals surface area contributed by atoms with Crippen molar-refractivity contribution in [3.8, 4) is 11.1 Å². The number of hydrogen-bond donors (Lipinski definition) is 1. The Morgan fingerprint density at radius 2 is 0.667 bits per heavy atom. The number of fused-ring (bicyclic) bond motifs is 6. The predicted octanol–water partition coefficient (Wildman–Crippen LogP) is 20.9. The van der Waals surface area contributed by atoms with Crippen LogP contribution in [0.2, 0.25) is 0 Å². The van der Waals surface area contributed by atoms with Crippen molar-refractivity contribution < 1.29 is 8.83 Å². The van der Waals surface area contributed by atoms with Crippen LogP contribution in [0.15, 0.2) is 191 Å². The Hall–Kier alpha value is -8.50. The first-order valence-electron chi connectivity index (χ1n) is 27.3. The highest BCUT2D eigenvalue weighted by molar-refractivity contribution is 7.20. The van der Waals surface area contributed by atoms with Gasteiger partial charge in [0.25, 0.3) is 0 Å². The van der Waals surface area contributed by atoms with Crippen LogP contribution in [0.4, 0.5) is 0 Å². The van der Waals surface area contributed by atoms with E-state index in [1.807, 2.05) is 53.7 Å². The topological polar surface area (TPSA) is 93.6 Å². The summed E-state index contributed by atoms with van der Waals surface area (Å²) in [6, 6.07) is 63.8. The maximum Gasteiger partial charge on any atom is 0.192 e. The van der Waals surface area contributed by atoms with Crippen molar-refractivity contribution in [2.24, 2.45) is 0 Å². The van der Waals surface area contributed by atoms with Crippen LogP contribution in [0.1, 0.15) is 77.7 Å². The van der Waals surface area contributed by atoms with Gasteiger partial charge < -0.3 is 13.8 Å². The van der Waals surface area contributed by atoms with Gasteiger partial charge in [-0.15, -0.1) is 22.7 Å². The first kappa shape index (κ1) is 58.6. The third kappa shape index (κ3) is 16.5. The molecule has 410 valence electrons. The summed E-state index contributed by atoms with van der Waals surface area (Å²) in [4.78, 5) is 20.5. The third-order valence-corrected chi connectivity index (χ3v) is 15.2. The molecule has 0 aliphatic carbocycles. The van der Waals surface area contributed by atoms with Gasteiger partial charge in [0.2, 0.25) is 0 Å². The minimum absolute atomic E-state index is 0.657. The van der Waals surface area contributed by atoms with Crippen LogP contribution in [-0.4, -0.2) is 24.9 Å². The first-order valence-corrected chi connectivity index (χ1v) is 29.0. The van der Waals surface area contributed by atoms with Crippen LogP contribution < -0.4 is 0 Å². The largest absolute Gasteiger partial charge is 0.441 e. The van der Waals surface area contributed by atoms with E-state index in [0.29, 0.717) is 11.8 Å². The second-order valence-electron chi connectivity index (χ2n) is 20.8. The number of nitrogens with one attached hydrogen (secondary N) is 1. The van der Waals surface area contributed by atoms with Crippen LogP contribution in [0.25, 0.3) is 75.3 Å². The molecule has 9 aromatic carbocycles. The highest BCUT2D eigenvalue weighted by atomic mass is 32.1. The van der Waals surface area contributed by atoms with Gasteiger partial charge in [0.1, 0.15) is 11.0 Å². The fraction of sp³-hybridized carbons (Fsp3) is 0.194. The lowest BCUT2D eigenvalue weighted by molar-refractivity contribution is 0.560. The fourth-order valence-corrected chi connectivity index (χ4v) is 10.7. The van der Waals surface area contributed by atoms with Crippen LogP contribution in [0.3, 0.4) is 0 Å². The van der Waals surface area contributed by atoms with Crippen molar-refractivity contribution in [3.63, 3.8) is 0 Å². The van der Waals surface area contributed by atoms with Crippen molar-refractivity contribution in [1.82, 2.24) is 24.9 Å². The molecule has 0 bridgehead atoms. The van der Waals surface area contributed by atoms with Crippen molar-refractivity contribution in [3.05, 3.63) is 260 Å². The molecule has 5 heterocycles. The van der Waals surface area contributed by atoms with Gasteiger partial charge in [0, 0.05) is 37.4 Å². The molecule has 14 rings (SSSR count). The highest BCUT2D eigenvalue weighted by Crippen LogP contribution is 2.30. The number of aryl methyl sites for hydroxylation is 14. The van der Waals surface area contributed by atoms with E-state index >= 15 is 0 Å². The van der Waals surface area contributed by atoms with E-state index in [0.717, 1.165) is 43.2 Å². The SMILES string of the molecule is Cc1ccc(-c2ccc(C)cc2)cc1.Cc1ccc(C)[nH]1.Cc1ccc(C)cc1.Cc1ccc2cc(C)ccc2c1.Cc1cccc2c(C)cccc12.Cc1nc2cc3oc(C)nc3cc2o1.Cc1nc2cc3sc(C)nc3cc2s1. The van der Waals surface area contributed by atoms with Gasteiger partial charge in [-0.3, -0.25) is 0 Å². The average molecular weight is 1100 g/mol. The predicted molar refractivity (Wildman–Crippen MR) is 348 cm³/mol. The molecule has 0 aliphatic rings. The Balaban J connectivity index is 0.000000125. The summed E-state index contributed by atoms with van der Waals surface area (Å²) in [6.45, 7) is 28.8. The van der Waals surface area contributed by atoms with Gasteiger partial charge in [0.05, 0.1) is 30.4 Å². The van der Waals surface area contributed by atoms with Crippen molar-refractivity contribution >= 4 is 86.9 Å². The number of hydrogen-bond acceptors (Lipinski definition) is 8. The second kappa shape index (κ2) is 27.1. The third-order valence-electron chi connectivity index (χ3n) is 13.4. The van der Waals surface area contributed by atoms with Crippen LogP contribution >= 0.6 is 22.7 Å². The molecule has 7 nitrogen and oxygen atoms in total. The number of rotatable bonds is 1. The molecule has 5 aromatic heterocycles. The molecular formula is C72H73N5O2S2. The summed E-state index contributed by atoms with van der Waals surface area (Å²) in [6.07, 6.45) is 0. The smallest absolute Gasteiger partial charge is 0.192 e. The normalized spacial score (nSPS) is 10.6. The molecule has 81 heavy (non-hydrogen) atoms. The zero-order chi connectivity index (χ0) is 57.7. The molecule has 1 N–H and O–H groups in total. The molecule has 14 aromatic rings. The van der Waals surface area contributed by atoms with E-state index < -0.39 is 0 Å². The van der Waals surface area contributed by atoms with Gasteiger partial charge in [-0.1, -0.05) is 179 Å². The van der Waals surface area contributed by atoms with Gasteiger partial charge >= 0.3 is 0 Å². The summed E-state index contributed by atoms with van der Waals surface area (Å²) in [5.41, 5.74) is 21.0. The second-order valence-corrected chi connectivity index (χ2v) is 23.3. The zero-order valence-corrected chi connectivity index (χ0v) is 50.9. The van der Waals surface area contributed by atoms with Crippen LogP contribution in [0, 0.1) is 96.9 Å². The van der Waals surface area contributed by atoms with Crippen molar-refractivity contribution in [1.29, 1.82) is 0 Å². The molecule has 0 atom stereocenters. The standard InChI is InChI=1S/C14H14.2C12H12.C10H8N2O2.C10H8N2S2.C8H10.C6H9N/c1-11-3-7-13(8-4-11)14-9-5-12(2)6-10-14;1-9-3-5-12-8-10(2)4-6-11(12)7-9;1-9-5-3-8-12-10(2)6-4-7-11(9)12;2*1-5-11-7-3-10-8(4-9(7)13-5)12-6(2)14-10;1-7-3-5-8(2)6-4-7;1-5-3-4-6(2)7-5/h3-10H,1-2H3;2*3-8H,1-2H3;2*3-4H,1-2H3;3-6H,1-2H3;3-4,7H,1-2H3. The molecule has 0 spiro atoms. The Morgan fingerprint density at radius 1 is 0.321 bits per heavy atom. The summed E-state index contributed by atoms with van der Waals surface area (Å²) >= 11 is 3.46. The summed E-state index contributed by atoms with van der Waals surface area (Å²) < 4.78 is 13.3. The van der Waals surface area contributed by atoms with Gasteiger partial charge in [-0.25, -0.2) is 19.9 Å². The summed E-state index contributed by atoms with van der Waals surface area (Å²) in [5, 5.41) is 7.65. The molecule has 0 saturated carbocycles. The maximum absolute atomic E-state index is 5.39. The number of aromatic amines is 1. The van der Waals surface area contributed by atoms with E-state index in [1.165, 1.54) is 98.0 Å². The quantitative estimate of drug-likeness (QED) is 0.176. The van der Waals surface area contributed by atoms with Gasteiger partial charge in [0.15, 0.2) is 22.9 Å². The molecule has 0 amide bonds. The fourth-order valence-electron chi connectivity index (χ4n) is 9.04. The Kier molecular flexibility index (Phi) is 19.6. The molecular weight excluding hydrogens is 1030 g/mol. The lowest BCUT2D eigenvalue weighted by Crippen LogP contribution is -1.80. The summed E-state index contributed by atoms with van der Waals surface area (Å²) in [7, 11) is 0. The van der Waals surface area contributed by atoms with Gasteiger partial charge in [-0.05, 0) is 151 Å². The monoisotopic (exact) mass is 1100 g/mol. The maximum atomic E-state index is 5.39. The lowest BCUT2D eigenvalue weighted by Gasteiger charge is -2.03. The molecule has 0 radical (unpaired) electrons. The van der Waals surface area contributed by atoms with Crippen molar-refractivity contribution in [2.75, 3.05) is 0 Å². The van der Waals surface area contributed by atoms with E-state index in [2.05, 4.69) is 250 Å². The number of oxazole rings is 2. The molecule has 0 saturated heterocycles. The van der Waals surface area contributed by atoms with E-state index in [9.17, 15) is 0 Å². The number of H-pyrrole nitrogens is 1. The van der Waals surface area contributed by atoms with Gasteiger partial charge in [-0.2, -0.15) is 0 Å². The van der Waals surface area contributed by atoms with E-state index in [1.54, 1.807) is 22.7 Å². The minimum atomic E-state index is 0.657. The lowest BCUT2D eigenvalue weighted by atomic mass is 10.0. The Bertz CT molecular complexity index is 3850. The zero-order valence-electron chi connectivity index (χ0n) is 49.2. The minimum Gasteiger partial charge on any atom is -0.441 e.